The largest absolute Gasteiger partial charge is 0.372 e. The zero-order chi connectivity index (χ0) is 19.2. The molecule has 2 heterocycles. The molecule has 146 valence electrons. The van der Waals surface area contributed by atoms with Crippen molar-refractivity contribution in [2.45, 2.75) is 46.2 Å². The highest BCUT2D eigenvalue weighted by atomic mass is 15.2. The lowest BCUT2D eigenvalue weighted by atomic mass is 10.0. The molecule has 1 saturated heterocycles. The van der Waals surface area contributed by atoms with Gasteiger partial charge in [-0.3, -0.25) is 0 Å². The molecular formula is C21H32N6. The third-order valence-corrected chi connectivity index (χ3v) is 5.31. The van der Waals surface area contributed by atoms with Gasteiger partial charge in [0.25, 0.3) is 0 Å². The number of hydrogen-bond donors (Lipinski definition) is 2. The van der Waals surface area contributed by atoms with Crippen molar-refractivity contribution in [2.24, 2.45) is 0 Å². The van der Waals surface area contributed by atoms with Gasteiger partial charge in [0, 0.05) is 56.2 Å². The van der Waals surface area contributed by atoms with Crippen molar-refractivity contribution in [1.29, 1.82) is 0 Å². The Bertz CT molecular complexity index is 715. The summed E-state index contributed by atoms with van der Waals surface area (Å²) in [4.78, 5) is 13.2. The summed E-state index contributed by atoms with van der Waals surface area (Å²) in [5, 5.41) is 3.73. The fourth-order valence-electron chi connectivity index (χ4n) is 3.76. The first kappa shape index (κ1) is 19.4. The maximum Gasteiger partial charge on any atom is 0.222 e. The van der Waals surface area contributed by atoms with E-state index < -0.39 is 0 Å². The first-order chi connectivity index (χ1) is 13.1. The molecule has 6 nitrogen and oxygen atoms in total. The van der Waals surface area contributed by atoms with Crippen LogP contribution in [0.2, 0.25) is 0 Å². The van der Waals surface area contributed by atoms with Gasteiger partial charge in [0.1, 0.15) is 5.82 Å². The Kier molecular flexibility index (Phi) is 6.50. The zero-order valence-electron chi connectivity index (χ0n) is 16.8. The van der Waals surface area contributed by atoms with Gasteiger partial charge >= 0.3 is 0 Å². The minimum absolute atomic E-state index is 0.360. The van der Waals surface area contributed by atoms with E-state index >= 15 is 0 Å². The van der Waals surface area contributed by atoms with Crippen molar-refractivity contribution < 1.29 is 0 Å². The second kappa shape index (κ2) is 9.04. The van der Waals surface area contributed by atoms with Gasteiger partial charge in [0.2, 0.25) is 5.95 Å². The molecule has 3 rings (SSSR count). The van der Waals surface area contributed by atoms with Crippen LogP contribution in [-0.2, 0) is 6.54 Å². The van der Waals surface area contributed by atoms with Crippen molar-refractivity contribution in [2.75, 3.05) is 41.7 Å². The third kappa shape index (κ3) is 5.10. The molecule has 0 radical (unpaired) electrons. The highest BCUT2D eigenvalue weighted by Gasteiger charge is 2.20. The topological polar surface area (TPSA) is 70.3 Å². The minimum Gasteiger partial charge on any atom is -0.372 e. The zero-order valence-corrected chi connectivity index (χ0v) is 16.8. The summed E-state index contributed by atoms with van der Waals surface area (Å²) in [6.07, 6.45) is 2.22. The molecule has 1 aliphatic heterocycles. The van der Waals surface area contributed by atoms with Crippen LogP contribution in [0.3, 0.4) is 0 Å². The van der Waals surface area contributed by atoms with E-state index in [0.717, 1.165) is 57.1 Å². The molecule has 1 aromatic heterocycles. The highest BCUT2D eigenvalue weighted by molar-refractivity contribution is 5.48. The van der Waals surface area contributed by atoms with E-state index in [0.29, 0.717) is 12.0 Å². The maximum absolute atomic E-state index is 5.79. The van der Waals surface area contributed by atoms with Crippen LogP contribution in [0.15, 0.2) is 30.3 Å². The Hall–Kier alpha value is -2.34. The first-order valence-corrected chi connectivity index (χ1v) is 10.0. The Morgan fingerprint density at radius 1 is 1.15 bits per heavy atom. The van der Waals surface area contributed by atoms with Gasteiger partial charge in [0.15, 0.2) is 0 Å². The molecule has 2 aromatic rings. The van der Waals surface area contributed by atoms with E-state index in [2.05, 4.69) is 63.2 Å². The van der Waals surface area contributed by atoms with Crippen LogP contribution in [0.5, 0.6) is 0 Å². The molecule has 0 unspecified atom stereocenters. The van der Waals surface area contributed by atoms with Crippen molar-refractivity contribution in [1.82, 2.24) is 15.3 Å². The number of nitrogens with two attached hydrogens (primary N) is 1. The van der Waals surface area contributed by atoms with Gasteiger partial charge in [-0.15, -0.1) is 0 Å². The summed E-state index contributed by atoms with van der Waals surface area (Å²) >= 11 is 0. The van der Waals surface area contributed by atoms with Crippen molar-refractivity contribution in [3.63, 3.8) is 0 Å². The Morgan fingerprint density at radius 3 is 2.56 bits per heavy atom. The van der Waals surface area contributed by atoms with Gasteiger partial charge in [-0.2, -0.15) is 4.98 Å². The molecular weight excluding hydrogens is 336 g/mol. The van der Waals surface area contributed by atoms with E-state index in [9.17, 15) is 0 Å². The molecule has 3 N–H and O–H groups in total. The minimum atomic E-state index is 0.360. The van der Waals surface area contributed by atoms with Crippen LogP contribution in [-0.4, -0.2) is 42.2 Å². The average Bonchev–Trinajstić information content (AvgIpc) is 2.67. The number of nitrogens with one attached hydrogen (secondary N) is 1. The summed E-state index contributed by atoms with van der Waals surface area (Å²) < 4.78 is 0. The molecule has 0 amide bonds. The number of benzene rings is 1. The molecule has 1 fully saturated rings. The smallest absolute Gasteiger partial charge is 0.222 e. The fraction of sp³-hybridized carbons (Fsp3) is 0.524. The van der Waals surface area contributed by atoms with Gasteiger partial charge in [0.05, 0.1) is 0 Å². The van der Waals surface area contributed by atoms with Crippen LogP contribution < -0.4 is 20.9 Å². The summed E-state index contributed by atoms with van der Waals surface area (Å²) in [5.41, 5.74) is 9.38. The fourth-order valence-corrected chi connectivity index (χ4v) is 3.76. The average molecular weight is 369 g/mol. The quantitative estimate of drug-likeness (QED) is 0.783. The summed E-state index contributed by atoms with van der Waals surface area (Å²) in [7, 11) is 0. The SMILES string of the molecule is CCN(CC)c1cccc(CNC2CCN(c3cc(C)nc(N)n3)CC2)c1. The predicted octanol–water partition coefficient (Wildman–Crippen LogP) is 2.97. The number of rotatable bonds is 7. The van der Waals surface area contributed by atoms with E-state index in [1.807, 2.05) is 13.0 Å². The number of piperidine rings is 1. The molecule has 0 atom stereocenters. The van der Waals surface area contributed by atoms with Crippen LogP contribution in [0.25, 0.3) is 0 Å². The second-order valence-corrected chi connectivity index (χ2v) is 7.21. The molecule has 0 aliphatic carbocycles. The van der Waals surface area contributed by atoms with Gasteiger partial charge < -0.3 is 20.9 Å². The van der Waals surface area contributed by atoms with E-state index in [4.69, 9.17) is 5.73 Å². The summed E-state index contributed by atoms with van der Waals surface area (Å²) in [6, 6.07) is 11.4. The van der Waals surface area contributed by atoms with Crippen molar-refractivity contribution in [3.05, 3.63) is 41.6 Å². The monoisotopic (exact) mass is 368 g/mol. The number of aromatic nitrogens is 2. The van der Waals surface area contributed by atoms with Crippen molar-refractivity contribution in [3.8, 4) is 0 Å². The van der Waals surface area contributed by atoms with Crippen molar-refractivity contribution >= 4 is 17.5 Å². The van der Waals surface area contributed by atoms with Crippen LogP contribution in [0, 0.1) is 6.92 Å². The molecule has 0 saturated carbocycles. The number of aryl methyl sites for hydroxylation is 1. The highest BCUT2D eigenvalue weighted by Crippen LogP contribution is 2.20. The Balaban J connectivity index is 1.52. The number of nitrogens with zero attached hydrogens (tertiary/aromatic N) is 4. The molecule has 1 aromatic carbocycles. The third-order valence-electron chi connectivity index (χ3n) is 5.31. The maximum atomic E-state index is 5.79. The lowest BCUT2D eigenvalue weighted by Crippen LogP contribution is -2.42. The Labute approximate surface area is 162 Å². The van der Waals surface area contributed by atoms with E-state index in [-0.39, 0.29) is 0 Å². The number of anilines is 3. The summed E-state index contributed by atoms with van der Waals surface area (Å²) in [6.45, 7) is 11.4. The molecule has 1 aliphatic rings. The van der Waals surface area contributed by atoms with Crippen LogP contribution in [0.4, 0.5) is 17.5 Å². The van der Waals surface area contributed by atoms with Gasteiger partial charge in [-0.25, -0.2) is 4.98 Å². The summed E-state index contributed by atoms with van der Waals surface area (Å²) in [5.74, 6) is 1.31. The number of hydrogen-bond acceptors (Lipinski definition) is 6. The predicted molar refractivity (Wildman–Crippen MR) is 113 cm³/mol. The first-order valence-electron chi connectivity index (χ1n) is 10.0. The lowest BCUT2D eigenvalue weighted by Gasteiger charge is -2.33. The van der Waals surface area contributed by atoms with Crippen LogP contribution in [0.1, 0.15) is 37.9 Å². The molecule has 6 heteroatoms. The second-order valence-electron chi connectivity index (χ2n) is 7.21. The molecule has 0 spiro atoms. The lowest BCUT2D eigenvalue weighted by molar-refractivity contribution is 0.412. The Morgan fingerprint density at radius 2 is 1.89 bits per heavy atom. The van der Waals surface area contributed by atoms with E-state index in [1.165, 1.54) is 11.3 Å². The molecule has 0 bridgehead atoms. The standard InChI is InChI=1S/C21H32N6/c1-4-26(5-2)19-8-6-7-17(14-19)15-23-18-9-11-27(12-10-18)20-13-16(3)24-21(22)25-20/h6-8,13-14,18,23H,4-5,9-12,15H2,1-3H3,(H2,22,24,25). The molecule has 27 heavy (non-hydrogen) atoms. The van der Waals surface area contributed by atoms with Crippen LogP contribution >= 0.6 is 0 Å². The number of nitrogen functional groups attached to an aromatic ring is 1. The normalized spacial score (nSPS) is 15.1. The van der Waals surface area contributed by atoms with E-state index in [1.54, 1.807) is 0 Å². The van der Waals surface area contributed by atoms with Gasteiger partial charge in [-0.1, -0.05) is 12.1 Å². The van der Waals surface area contributed by atoms with Gasteiger partial charge in [-0.05, 0) is 51.3 Å².